The zero-order valence-electron chi connectivity index (χ0n) is 15.5. The summed E-state index contributed by atoms with van der Waals surface area (Å²) in [5.41, 5.74) is 3.48. The zero-order valence-corrected chi connectivity index (χ0v) is 15.5. The molecule has 27 heavy (non-hydrogen) atoms. The Morgan fingerprint density at radius 3 is 2.96 bits per heavy atom. The van der Waals surface area contributed by atoms with E-state index < -0.39 is 0 Å². The van der Waals surface area contributed by atoms with Crippen molar-refractivity contribution in [1.82, 2.24) is 19.5 Å². The molecule has 1 atom stereocenters. The van der Waals surface area contributed by atoms with Gasteiger partial charge in [0.25, 0.3) is 5.91 Å². The Morgan fingerprint density at radius 1 is 1.30 bits per heavy atom. The van der Waals surface area contributed by atoms with E-state index >= 15 is 0 Å². The van der Waals surface area contributed by atoms with Crippen LogP contribution in [0.5, 0.6) is 0 Å². The Hall–Kier alpha value is -2.73. The van der Waals surface area contributed by atoms with Gasteiger partial charge < -0.3 is 9.64 Å². The molecule has 2 aromatic heterocycles. The van der Waals surface area contributed by atoms with Gasteiger partial charge in [-0.05, 0) is 43.0 Å². The van der Waals surface area contributed by atoms with E-state index in [0.29, 0.717) is 12.1 Å². The molecule has 3 aromatic rings. The maximum Gasteiger partial charge on any atom is 0.253 e. The highest BCUT2D eigenvalue weighted by Crippen LogP contribution is 2.24. The first-order valence-corrected chi connectivity index (χ1v) is 9.56. The maximum absolute atomic E-state index is 12.9. The summed E-state index contributed by atoms with van der Waals surface area (Å²) < 4.78 is 7.60. The molecular formula is C21H24N4O2. The Labute approximate surface area is 158 Å². The highest BCUT2D eigenvalue weighted by Gasteiger charge is 2.24. The average Bonchev–Trinajstić information content (AvgIpc) is 3.16. The lowest BCUT2D eigenvalue weighted by molar-refractivity contribution is 0.00211. The molecule has 0 unspecified atom stereocenters. The molecule has 1 saturated heterocycles. The highest BCUT2D eigenvalue weighted by molar-refractivity contribution is 5.95. The van der Waals surface area contributed by atoms with E-state index in [1.165, 1.54) is 0 Å². The molecule has 1 amide bonds. The first-order valence-electron chi connectivity index (χ1n) is 9.56. The average molecular weight is 364 g/mol. The summed E-state index contributed by atoms with van der Waals surface area (Å²) in [4.78, 5) is 19.2. The molecule has 0 bridgehead atoms. The summed E-state index contributed by atoms with van der Waals surface area (Å²) in [7, 11) is 0. The second-order valence-electron chi connectivity index (χ2n) is 6.91. The number of hydrogen-bond donors (Lipinski definition) is 0. The summed E-state index contributed by atoms with van der Waals surface area (Å²) in [6.45, 7) is 4.34. The van der Waals surface area contributed by atoms with Crippen molar-refractivity contribution >= 4 is 11.6 Å². The fraction of sp³-hybridized carbons (Fsp3) is 0.381. The van der Waals surface area contributed by atoms with Gasteiger partial charge in [-0.1, -0.05) is 19.1 Å². The van der Waals surface area contributed by atoms with Gasteiger partial charge in [-0.3, -0.25) is 4.79 Å². The molecule has 0 radical (unpaired) electrons. The van der Waals surface area contributed by atoms with E-state index in [2.05, 4.69) is 17.0 Å². The molecule has 6 heteroatoms. The number of amides is 1. The Kier molecular flexibility index (Phi) is 5.16. The van der Waals surface area contributed by atoms with Crippen LogP contribution in [0.3, 0.4) is 0 Å². The Bertz CT molecular complexity index is 919. The third-order valence-corrected chi connectivity index (χ3v) is 4.95. The van der Waals surface area contributed by atoms with Crippen LogP contribution in [0.25, 0.3) is 16.8 Å². The predicted molar refractivity (Wildman–Crippen MR) is 104 cm³/mol. The largest absolute Gasteiger partial charge is 0.376 e. The van der Waals surface area contributed by atoms with Gasteiger partial charge >= 0.3 is 0 Å². The van der Waals surface area contributed by atoms with Crippen LogP contribution in [-0.4, -0.2) is 51.2 Å². The summed E-state index contributed by atoms with van der Waals surface area (Å²) in [5, 5.41) is 4.32. The molecule has 0 saturated carbocycles. The molecule has 1 aliphatic heterocycles. The van der Waals surface area contributed by atoms with Gasteiger partial charge in [0.15, 0.2) is 5.65 Å². The third kappa shape index (κ3) is 3.71. The number of hydrogen-bond acceptors (Lipinski definition) is 4. The Morgan fingerprint density at radius 2 is 2.15 bits per heavy atom. The lowest BCUT2D eigenvalue weighted by atomic mass is 10.0. The number of piperidine rings is 1. The SMILES string of the molecule is CCCO[C@@H]1CCCN(C(=O)c2ccc(-c3cnn4cccnc34)cc2)C1. The van der Waals surface area contributed by atoms with Crippen LogP contribution in [0.15, 0.2) is 48.9 Å². The number of benzene rings is 1. The third-order valence-electron chi connectivity index (χ3n) is 4.95. The second-order valence-corrected chi connectivity index (χ2v) is 6.91. The van der Waals surface area contributed by atoms with Crippen LogP contribution in [0.2, 0.25) is 0 Å². The maximum atomic E-state index is 12.9. The lowest BCUT2D eigenvalue weighted by Gasteiger charge is -2.32. The number of ether oxygens (including phenoxy) is 1. The molecule has 0 spiro atoms. The standard InChI is InChI=1S/C21H24N4O2/c1-2-13-27-18-5-3-11-24(15-18)21(26)17-8-6-16(7-9-17)19-14-23-25-12-4-10-22-20(19)25/h4,6-10,12,14,18H,2-3,5,11,13,15H2,1H3/t18-/m1/s1. The number of carbonyl (C=O) groups excluding carboxylic acids is 1. The van der Waals surface area contributed by atoms with Crippen molar-refractivity contribution in [3.05, 3.63) is 54.5 Å². The normalized spacial score (nSPS) is 17.4. The van der Waals surface area contributed by atoms with E-state index in [0.717, 1.165) is 49.2 Å². The van der Waals surface area contributed by atoms with Crippen molar-refractivity contribution < 1.29 is 9.53 Å². The number of nitrogens with zero attached hydrogens (tertiary/aromatic N) is 4. The van der Waals surface area contributed by atoms with Crippen LogP contribution in [-0.2, 0) is 4.74 Å². The number of fused-ring (bicyclic) bond motifs is 1. The summed E-state index contributed by atoms with van der Waals surface area (Å²) in [6, 6.07) is 9.56. The summed E-state index contributed by atoms with van der Waals surface area (Å²) >= 11 is 0. The van der Waals surface area contributed by atoms with Crippen LogP contribution in [0.1, 0.15) is 36.5 Å². The van der Waals surface area contributed by atoms with E-state index in [1.54, 1.807) is 16.9 Å². The van der Waals surface area contributed by atoms with Crippen molar-refractivity contribution in [2.75, 3.05) is 19.7 Å². The van der Waals surface area contributed by atoms with E-state index in [9.17, 15) is 4.79 Å². The molecule has 4 rings (SSSR count). The monoisotopic (exact) mass is 364 g/mol. The molecule has 1 aliphatic rings. The van der Waals surface area contributed by atoms with Crippen LogP contribution >= 0.6 is 0 Å². The van der Waals surface area contributed by atoms with Gasteiger partial charge in [0, 0.05) is 43.2 Å². The highest BCUT2D eigenvalue weighted by atomic mass is 16.5. The fourth-order valence-corrected chi connectivity index (χ4v) is 3.55. The van der Waals surface area contributed by atoms with Crippen molar-refractivity contribution in [3.8, 4) is 11.1 Å². The minimum absolute atomic E-state index is 0.0735. The van der Waals surface area contributed by atoms with E-state index in [-0.39, 0.29) is 12.0 Å². The van der Waals surface area contributed by atoms with Gasteiger partial charge in [0.1, 0.15) is 0 Å². The van der Waals surface area contributed by atoms with Crippen molar-refractivity contribution in [3.63, 3.8) is 0 Å². The quantitative estimate of drug-likeness (QED) is 0.696. The number of likely N-dealkylation sites (tertiary alicyclic amines) is 1. The van der Waals surface area contributed by atoms with Gasteiger partial charge in [-0.15, -0.1) is 0 Å². The second kappa shape index (κ2) is 7.88. The van der Waals surface area contributed by atoms with Gasteiger partial charge in [-0.25, -0.2) is 9.50 Å². The fourth-order valence-electron chi connectivity index (χ4n) is 3.55. The van der Waals surface area contributed by atoms with Crippen molar-refractivity contribution in [2.45, 2.75) is 32.3 Å². The molecule has 1 fully saturated rings. The minimum Gasteiger partial charge on any atom is -0.376 e. The number of carbonyl (C=O) groups is 1. The molecule has 1 aromatic carbocycles. The van der Waals surface area contributed by atoms with E-state index in [1.807, 2.05) is 41.4 Å². The van der Waals surface area contributed by atoms with Crippen LogP contribution in [0, 0.1) is 0 Å². The first kappa shape index (κ1) is 17.7. The minimum atomic E-state index is 0.0735. The number of rotatable bonds is 5. The van der Waals surface area contributed by atoms with Crippen molar-refractivity contribution in [2.24, 2.45) is 0 Å². The molecule has 3 heterocycles. The van der Waals surface area contributed by atoms with Crippen LogP contribution in [0.4, 0.5) is 0 Å². The van der Waals surface area contributed by atoms with Gasteiger partial charge in [0.05, 0.1) is 12.3 Å². The zero-order chi connectivity index (χ0) is 18.6. The summed E-state index contributed by atoms with van der Waals surface area (Å²) in [6.07, 6.45) is 8.62. The molecule has 0 aliphatic carbocycles. The van der Waals surface area contributed by atoms with Gasteiger partial charge in [0.2, 0.25) is 0 Å². The smallest absolute Gasteiger partial charge is 0.253 e. The predicted octanol–water partition coefficient (Wildman–Crippen LogP) is 3.43. The number of aromatic nitrogens is 3. The topological polar surface area (TPSA) is 59.7 Å². The molecule has 6 nitrogen and oxygen atoms in total. The van der Waals surface area contributed by atoms with Gasteiger partial charge in [-0.2, -0.15) is 5.10 Å². The lowest BCUT2D eigenvalue weighted by Crippen LogP contribution is -2.43. The Balaban J connectivity index is 1.49. The van der Waals surface area contributed by atoms with Crippen molar-refractivity contribution in [1.29, 1.82) is 0 Å². The van der Waals surface area contributed by atoms with Crippen LogP contribution < -0.4 is 0 Å². The first-order chi connectivity index (χ1) is 13.3. The van der Waals surface area contributed by atoms with E-state index in [4.69, 9.17) is 4.74 Å². The molecular weight excluding hydrogens is 340 g/mol. The molecule has 0 N–H and O–H groups in total. The summed E-state index contributed by atoms with van der Waals surface area (Å²) in [5.74, 6) is 0.0735. The molecule has 140 valence electrons.